The Morgan fingerprint density at radius 2 is 1.81 bits per heavy atom. The molecular formula is C19H20N2O4S. The summed E-state index contributed by atoms with van der Waals surface area (Å²) in [5, 5.41) is 0.444. The zero-order chi connectivity index (χ0) is 18.8. The number of rotatable bonds is 5. The van der Waals surface area contributed by atoms with Gasteiger partial charge in [0.25, 0.3) is 5.56 Å². The number of hydrogen-bond acceptors (Lipinski definition) is 6. The van der Waals surface area contributed by atoms with Gasteiger partial charge in [0.15, 0.2) is 0 Å². The van der Waals surface area contributed by atoms with Crippen molar-refractivity contribution in [1.29, 1.82) is 0 Å². The molecule has 0 radical (unpaired) electrons. The second-order valence-electron chi connectivity index (χ2n) is 6.20. The van der Waals surface area contributed by atoms with Crippen molar-refractivity contribution in [2.45, 2.75) is 27.7 Å². The Hall–Kier alpha value is -2.67. The van der Waals surface area contributed by atoms with E-state index in [4.69, 9.17) is 9.47 Å². The fourth-order valence-corrected chi connectivity index (χ4v) is 3.94. The van der Waals surface area contributed by atoms with E-state index in [1.54, 1.807) is 13.8 Å². The molecule has 0 saturated carbocycles. The molecule has 0 spiro atoms. The normalized spacial score (nSPS) is 10.9. The van der Waals surface area contributed by atoms with Gasteiger partial charge in [-0.15, -0.1) is 11.3 Å². The molecule has 0 aliphatic heterocycles. The third kappa shape index (κ3) is 3.77. The minimum Gasteiger partial charge on any atom is -0.490 e. The zero-order valence-corrected chi connectivity index (χ0v) is 16.0. The Morgan fingerprint density at radius 1 is 1.12 bits per heavy atom. The molecule has 0 saturated heterocycles. The van der Waals surface area contributed by atoms with Crippen LogP contribution in [0, 0.1) is 27.7 Å². The van der Waals surface area contributed by atoms with E-state index in [1.165, 1.54) is 11.3 Å². The molecule has 7 heteroatoms. The Labute approximate surface area is 154 Å². The Balaban J connectivity index is 1.65. The van der Waals surface area contributed by atoms with Crippen molar-refractivity contribution in [1.82, 2.24) is 9.97 Å². The lowest BCUT2D eigenvalue weighted by atomic mass is 10.1. The van der Waals surface area contributed by atoms with E-state index in [2.05, 4.69) is 16.0 Å². The molecule has 3 aromatic rings. The smallest absolute Gasteiger partial charge is 0.348 e. The van der Waals surface area contributed by atoms with E-state index in [9.17, 15) is 9.59 Å². The highest BCUT2D eigenvalue weighted by Crippen LogP contribution is 2.27. The number of H-pyrrole nitrogens is 1. The predicted octanol–water partition coefficient (Wildman–Crippen LogP) is 3.45. The number of esters is 1. The van der Waals surface area contributed by atoms with Gasteiger partial charge in [-0.3, -0.25) is 4.79 Å². The van der Waals surface area contributed by atoms with E-state index in [-0.39, 0.29) is 18.8 Å². The molecule has 2 aromatic heterocycles. The maximum atomic E-state index is 12.3. The van der Waals surface area contributed by atoms with Gasteiger partial charge in [-0.05, 0) is 56.5 Å². The number of nitrogens with one attached hydrogen (secondary N) is 1. The highest BCUT2D eigenvalue weighted by molar-refractivity contribution is 7.20. The molecule has 0 bridgehead atoms. The first-order chi connectivity index (χ1) is 12.3. The number of nitrogens with zero attached hydrogens (tertiary/aromatic N) is 1. The SMILES string of the molecule is Cc1cc(C)cc(OCCOC(=O)c2sc3nc(C)[nH]c(=O)c3c2C)c1. The standard InChI is InChI=1S/C19H20N2O4S/c1-10-7-11(2)9-14(8-10)24-5-6-25-19(23)16-12(3)15-17(22)20-13(4)21-18(15)26-16/h7-9H,5-6H2,1-4H3,(H,20,21,22). The maximum Gasteiger partial charge on any atom is 0.348 e. The summed E-state index contributed by atoms with van der Waals surface area (Å²) < 4.78 is 10.9. The summed E-state index contributed by atoms with van der Waals surface area (Å²) in [4.78, 5) is 32.3. The third-order valence-electron chi connectivity index (χ3n) is 3.88. The monoisotopic (exact) mass is 372 g/mol. The summed E-state index contributed by atoms with van der Waals surface area (Å²) in [7, 11) is 0. The van der Waals surface area contributed by atoms with Crippen LogP contribution in [-0.4, -0.2) is 29.2 Å². The van der Waals surface area contributed by atoms with Gasteiger partial charge in [-0.2, -0.15) is 0 Å². The first-order valence-corrected chi connectivity index (χ1v) is 9.05. The second-order valence-corrected chi connectivity index (χ2v) is 7.19. The molecule has 2 heterocycles. The van der Waals surface area contributed by atoms with Crippen LogP contribution in [-0.2, 0) is 4.74 Å². The van der Waals surface area contributed by atoms with Crippen LogP contribution in [0.2, 0.25) is 0 Å². The molecular weight excluding hydrogens is 352 g/mol. The molecule has 3 rings (SSSR count). The molecule has 0 aliphatic carbocycles. The van der Waals surface area contributed by atoms with Crippen LogP contribution in [0.15, 0.2) is 23.0 Å². The van der Waals surface area contributed by atoms with E-state index in [1.807, 2.05) is 26.0 Å². The lowest BCUT2D eigenvalue weighted by Gasteiger charge is -2.08. The van der Waals surface area contributed by atoms with Gasteiger partial charge in [0.1, 0.15) is 34.5 Å². The number of ether oxygens (including phenoxy) is 2. The Kier molecular flexibility index (Phi) is 5.08. The fraction of sp³-hybridized carbons (Fsp3) is 0.316. The van der Waals surface area contributed by atoms with Crippen molar-refractivity contribution in [2.24, 2.45) is 0 Å². The molecule has 0 amide bonds. The van der Waals surface area contributed by atoms with Crippen molar-refractivity contribution >= 4 is 27.5 Å². The van der Waals surface area contributed by atoms with Crippen LogP contribution in [0.4, 0.5) is 0 Å². The third-order valence-corrected chi connectivity index (χ3v) is 5.05. The van der Waals surface area contributed by atoms with Crippen molar-refractivity contribution in [3.63, 3.8) is 0 Å². The number of hydrogen-bond donors (Lipinski definition) is 1. The second kappa shape index (κ2) is 7.29. The minimum atomic E-state index is -0.466. The van der Waals surface area contributed by atoms with E-state index in [0.717, 1.165) is 16.9 Å². The highest BCUT2D eigenvalue weighted by atomic mass is 32.1. The van der Waals surface area contributed by atoms with Gasteiger partial charge in [0.2, 0.25) is 0 Å². The maximum absolute atomic E-state index is 12.3. The average molecular weight is 372 g/mol. The molecule has 0 unspecified atom stereocenters. The predicted molar refractivity (Wildman–Crippen MR) is 101 cm³/mol. The van der Waals surface area contributed by atoms with Gasteiger partial charge in [0.05, 0.1) is 5.39 Å². The van der Waals surface area contributed by atoms with Gasteiger partial charge in [-0.1, -0.05) is 6.07 Å². The van der Waals surface area contributed by atoms with Crippen molar-refractivity contribution < 1.29 is 14.3 Å². The summed E-state index contributed by atoms with van der Waals surface area (Å²) in [5.41, 5.74) is 2.59. The summed E-state index contributed by atoms with van der Waals surface area (Å²) in [6.45, 7) is 7.83. The lowest BCUT2D eigenvalue weighted by molar-refractivity contribution is 0.0455. The quantitative estimate of drug-likeness (QED) is 0.548. The molecule has 6 nitrogen and oxygen atoms in total. The van der Waals surface area contributed by atoms with Crippen LogP contribution in [0.3, 0.4) is 0 Å². The van der Waals surface area contributed by atoms with Crippen LogP contribution < -0.4 is 10.3 Å². The van der Waals surface area contributed by atoms with E-state index < -0.39 is 5.97 Å². The van der Waals surface area contributed by atoms with Crippen LogP contribution in [0.25, 0.3) is 10.2 Å². The lowest BCUT2D eigenvalue weighted by Crippen LogP contribution is -2.13. The molecule has 26 heavy (non-hydrogen) atoms. The largest absolute Gasteiger partial charge is 0.490 e. The molecule has 0 aliphatic rings. The van der Waals surface area contributed by atoms with Crippen molar-refractivity contribution in [3.05, 3.63) is 55.9 Å². The number of aromatic nitrogens is 2. The topological polar surface area (TPSA) is 81.3 Å². The molecule has 136 valence electrons. The fourth-order valence-electron chi connectivity index (χ4n) is 2.82. The van der Waals surface area contributed by atoms with Crippen LogP contribution in [0.5, 0.6) is 5.75 Å². The highest BCUT2D eigenvalue weighted by Gasteiger charge is 2.20. The van der Waals surface area contributed by atoms with Crippen molar-refractivity contribution in [2.75, 3.05) is 13.2 Å². The molecule has 0 atom stereocenters. The van der Waals surface area contributed by atoms with Crippen molar-refractivity contribution in [3.8, 4) is 5.75 Å². The number of fused-ring (bicyclic) bond motifs is 1. The zero-order valence-electron chi connectivity index (χ0n) is 15.1. The number of carbonyl (C=O) groups is 1. The minimum absolute atomic E-state index is 0.127. The molecule has 1 N–H and O–H groups in total. The van der Waals surface area contributed by atoms with Gasteiger partial charge in [0, 0.05) is 0 Å². The Bertz CT molecular complexity index is 1020. The average Bonchev–Trinajstić information content (AvgIpc) is 2.87. The number of thiophene rings is 1. The first-order valence-electron chi connectivity index (χ1n) is 8.23. The van der Waals surface area contributed by atoms with E-state index >= 15 is 0 Å². The number of carbonyl (C=O) groups excluding carboxylic acids is 1. The summed E-state index contributed by atoms with van der Waals surface area (Å²) in [6, 6.07) is 5.94. The number of aryl methyl sites for hydroxylation is 4. The number of benzene rings is 1. The van der Waals surface area contributed by atoms with Gasteiger partial charge >= 0.3 is 5.97 Å². The first kappa shape index (κ1) is 18.1. The summed E-state index contributed by atoms with van der Waals surface area (Å²) in [6.07, 6.45) is 0. The van der Waals surface area contributed by atoms with Crippen LogP contribution in [0.1, 0.15) is 32.2 Å². The van der Waals surface area contributed by atoms with Gasteiger partial charge in [-0.25, -0.2) is 9.78 Å². The summed E-state index contributed by atoms with van der Waals surface area (Å²) in [5.74, 6) is 0.805. The number of aromatic amines is 1. The van der Waals surface area contributed by atoms with Gasteiger partial charge < -0.3 is 14.5 Å². The summed E-state index contributed by atoms with van der Waals surface area (Å²) >= 11 is 1.17. The molecule has 1 aromatic carbocycles. The molecule has 0 fully saturated rings. The van der Waals surface area contributed by atoms with Crippen LogP contribution >= 0.6 is 11.3 Å². The Morgan fingerprint density at radius 3 is 2.50 bits per heavy atom. The van der Waals surface area contributed by atoms with E-state index in [0.29, 0.717) is 26.5 Å².